The van der Waals surface area contributed by atoms with Crippen LogP contribution in [-0.4, -0.2) is 41.6 Å². The highest BCUT2D eigenvalue weighted by atomic mass is 16.5. The van der Waals surface area contributed by atoms with Crippen LogP contribution in [0.15, 0.2) is 42.5 Å². The second-order valence-corrected chi connectivity index (χ2v) is 7.40. The van der Waals surface area contributed by atoms with Gasteiger partial charge in [-0.1, -0.05) is 18.2 Å². The van der Waals surface area contributed by atoms with Gasteiger partial charge in [0.2, 0.25) is 11.9 Å². The number of imidazole rings is 1. The summed E-state index contributed by atoms with van der Waals surface area (Å²) in [6, 6.07) is 12.9. The largest absolute Gasteiger partial charge is 0.383 e. The quantitative estimate of drug-likeness (QED) is 0.699. The number of benzene rings is 2. The predicted octanol–water partition coefficient (Wildman–Crippen LogP) is 3.22. The summed E-state index contributed by atoms with van der Waals surface area (Å²) in [5, 5.41) is 2.93. The van der Waals surface area contributed by atoms with Gasteiger partial charge in [-0.25, -0.2) is 4.98 Å². The van der Waals surface area contributed by atoms with Crippen molar-refractivity contribution >= 4 is 34.5 Å². The van der Waals surface area contributed by atoms with E-state index in [0.29, 0.717) is 19.1 Å². The summed E-state index contributed by atoms with van der Waals surface area (Å²) in [6.45, 7) is 4.77. The van der Waals surface area contributed by atoms with Crippen LogP contribution in [0.1, 0.15) is 23.6 Å². The van der Waals surface area contributed by atoms with Gasteiger partial charge in [0.05, 0.1) is 30.6 Å². The summed E-state index contributed by atoms with van der Waals surface area (Å²) in [6.07, 6.45) is 0.0443. The fourth-order valence-corrected chi connectivity index (χ4v) is 3.92. The van der Waals surface area contributed by atoms with E-state index in [-0.39, 0.29) is 18.2 Å². The molecule has 0 aliphatic carbocycles. The molecule has 0 fully saturated rings. The van der Waals surface area contributed by atoms with Gasteiger partial charge in [-0.2, -0.15) is 0 Å². The molecule has 0 bridgehead atoms. The lowest BCUT2D eigenvalue weighted by molar-refractivity contribution is -0.124. The highest BCUT2D eigenvalue weighted by Crippen LogP contribution is 2.36. The number of aryl methyl sites for hydroxylation is 2. The fourth-order valence-electron chi connectivity index (χ4n) is 3.92. The zero-order valence-corrected chi connectivity index (χ0v) is 16.8. The van der Waals surface area contributed by atoms with E-state index in [9.17, 15) is 9.59 Å². The lowest BCUT2D eigenvalue weighted by Gasteiger charge is -2.15. The van der Waals surface area contributed by atoms with Crippen molar-refractivity contribution < 1.29 is 14.3 Å². The Morgan fingerprint density at radius 3 is 2.62 bits per heavy atom. The number of methoxy groups -OCH3 is 1. The molecule has 2 aromatic carbocycles. The van der Waals surface area contributed by atoms with Crippen LogP contribution in [0.2, 0.25) is 0 Å². The monoisotopic (exact) mass is 392 g/mol. The molecular formula is C22H24N4O3. The topological polar surface area (TPSA) is 76.5 Å². The van der Waals surface area contributed by atoms with E-state index in [1.54, 1.807) is 12.0 Å². The van der Waals surface area contributed by atoms with E-state index < -0.39 is 6.04 Å². The number of aromatic nitrogens is 2. The molecule has 1 atom stereocenters. The Labute approximate surface area is 169 Å². The van der Waals surface area contributed by atoms with Crippen molar-refractivity contribution in [1.82, 2.24) is 9.55 Å². The van der Waals surface area contributed by atoms with Crippen LogP contribution in [0, 0.1) is 13.8 Å². The van der Waals surface area contributed by atoms with Crippen molar-refractivity contribution in [1.29, 1.82) is 0 Å². The molecule has 1 aromatic heterocycles. The normalized spacial score (nSPS) is 15.8. The highest BCUT2D eigenvalue weighted by molar-refractivity contribution is 6.05. The van der Waals surface area contributed by atoms with Crippen LogP contribution in [0.3, 0.4) is 0 Å². The van der Waals surface area contributed by atoms with Gasteiger partial charge in [-0.05, 0) is 49.2 Å². The van der Waals surface area contributed by atoms with Gasteiger partial charge in [-0.15, -0.1) is 0 Å². The van der Waals surface area contributed by atoms with Gasteiger partial charge >= 0.3 is 0 Å². The second kappa shape index (κ2) is 7.67. The molecule has 29 heavy (non-hydrogen) atoms. The lowest BCUT2D eigenvalue weighted by atomic mass is 10.1. The number of nitrogens with one attached hydrogen (secondary N) is 1. The minimum absolute atomic E-state index is 0.0443. The molecule has 4 rings (SSSR count). The molecular weight excluding hydrogens is 368 g/mol. The minimum Gasteiger partial charge on any atom is -0.383 e. The summed E-state index contributed by atoms with van der Waals surface area (Å²) >= 11 is 0. The predicted molar refractivity (Wildman–Crippen MR) is 112 cm³/mol. The first kappa shape index (κ1) is 19.1. The molecule has 0 saturated heterocycles. The minimum atomic E-state index is -0.625. The SMILES string of the molecule is COCCN1C(=O)C(CC(=O)Nc2cc(C)cc(C)c2)n2c1nc1ccccc12. The van der Waals surface area contributed by atoms with Crippen LogP contribution in [0.5, 0.6) is 0 Å². The summed E-state index contributed by atoms with van der Waals surface area (Å²) in [4.78, 5) is 32.1. The average Bonchev–Trinajstić information content (AvgIpc) is 3.15. The van der Waals surface area contributed by atoms with E-state index >= 15 is 0 Å². The van der Waals surface area contributed by atoms with Gasteiger partial charge in [0.15, 0.2) is 0 Å². The summed E-state index contributed by atoms with van der Waals surface area (Å²) in [7, 11) is 1.60. The van der Waals surface area contributed by atoms with E-state index in [2.05, 4.69) is 10.3 Å². The first-order chi connectivity index (χ1) is 14.0. The van der Waals surface area contributed by atoms with Gasteiger partial charge in [0.1, 0.15) is 6.04 Å². The average molecular weight is 392 g/mol. The first-order valence-electron chi connectivity index (χ1n) is 9.63. The van der Waals surface area contributed by atoms with E-state index in [1.165, 1.54) is 0 Å². The number of amides is 2. The van der Waals surface area contributed by atoms with Gasteiger partial charge < -0.3 is 10.1 Å². The molecule has 1 aliphatic rings. The van der Waals surface area contributed by atoms with Crippen molar-refractivity contribution in [3.63, 3.8) is 0 Å². The Hall–Kier alpha value is -3.19. The Bertz CT molecular complexity index is 1070. The maximum atomic E-state index is 13.1. The van der Waals surface area contributed by atoms with Crippen LogP contribution >= 0.6 is 0 Å². The smallest absolute Gasteiger partial charge is 0.253 e. The Morgan fingerprint density at radius 1 is 1.17 bits per heavy atom. The standard InChI is InChI=1S/C22H24N4O3/c1-14-10-15(2)12-16(11-14)23-20(27)13-19-21(28)25(8-9-29-3)22-24-17-6-4-5-7-18(17)26(19)22/h4-7,10-12,19H,8-9,13H2,1-3H3,(H,23,27). The second-order valence-electron chi connectivity index (χ2n) is 7.40. The van der Waals surface area contributed by atoms with Crippen molar-refractivity contribution in [2.75, 3.05) is 30.5 Å². The van der Waals surface area contributed by atoms with Crippen LogP contribution in [0.25, 0.3) is 11.0 Å². The van der Waals surface area contributed by atoms with Crippen molar-refractivity contribution in [2.45, 2.75) is 26.3 Å². The number of carbonyl (C=O) groups is 2. The number of anilines is 2. The van der Waals surface area contributed by atoms with Crippen molar-refractivity contribution in [3.05, 3.63) is 53.6 Å². The fraction of sp³-hybridized carbons (Fsp3) is 0.318. The van der Waals surface area contributed by atoms with Crippen LogP contribution in [0.4, 0.5) is 11.6 Å². The summed E-state index contributed by atoms with van der Waals surface area (Å²) in [5.41, 5.74) is 4.54. The highest BCUT2D eigenvalue weighted by Gasteiger charge is 2.40. The molecule has 3 aromatic rings. The maximum absolute atomic E-state index is 13.1. The molecule has 0 radical (unpaired) electrons. The first-order valence-corrected chi connectivity index (χ1v) is 9.63. The molecule has 2 amide bonds. The number of rotatable bonds is 6. The Balaban J connectivity index is 1.63. The summed E-state index contributed by atoms with van der Waals surface area (Å²) in [5.74, 6) is 0.231. The molecule has 1 N–H and O–H groups in total. The van der Waals surface area contributed by atoms with Gasteiger partial charge in [0.25, 0.3) is 5.91 Å². The molecule has 1 unspecified atom stereocenters. The number of hydrogen-bond donors (Lipinski definition) is 1. The number of nitrogens with zero attached hydrogens (tertiary/aromatic N) is 3. The molecule has 2 heterocycles. The molecule has 1 aliphatic heterocycles. The number of ether oxygens (including phenoxy) is 1. The Kier molecular flexibility index (Phi) is 5.07. The molecule has 0 saturated carbocycles. The molecule has 7 heteroatoms. The van der Waals surface area contributed by atoms with Crippen molar-refractivity contribution in [3.8, 4) is 0 Å². The number of fused-ring (bicyclic) bond motifs is 3. The van der Waals surface area contributed by atoms with E-state index in [1.807, 2.05) is 60.9 Å². The van der Waals surface area contributed by atoms with Gasteiger partial charge in [-0.3, -0.25) is 19.1 Å². The summed E-state index contributed by atoms with van der Waals surface area (Å²) < 4.78 is 7.02. The van der Waals surface area contributed by atoms with Gasteiger partial charge in [0, 0.05) is 12.8 Å². The molecule has 150 valence electrons. The maximum Gasteiger partial charge on any atom is 0.253 e. The van der Waals surface area contributed by atoms with Crippen LogP contribution in [-0.2, 0) is 14.3 Å². The molecule has 7 nitrogen and oxygen atoms in total. The molecule has 0 spiro atoms. The van der Waals surface area contributed by atoms with E-state index in [0.717, 1.165) is 27.8 Å². The third-order valence-corrected chi connectivity index (χ3v) is 5.08. The van der Waals surface area contributed by atoms with E-state index in [4.69, 9.17) is 4.74 Å². The zero-order chi connectivity index (χ0) is 20.5. The zero-order valence-electron chi connectivity index (χ0n) is 16.8. The van der Waals surface area contributed by atoms with Crippen LogP contribution < -0.4 is 10.2 Å². The number of para-hydroxylation sites is 2. The number of hydrogen-bond acceptors (Lipinski definition) is 4. The van der Waals surface area contributed by atoms with Crippen molar-refractivity contribution in [2.24, 2.45) is 0 Å². The third-order valence-electron chi connectivity index (χ3n) is 5.08. The Morgan fingerprint density at radius 2 is 1.90 bits per heavy atom. The third kappa shape index (κ3) is 3.61. The lowest BCUT2D eigenvalue weighted by Crippen LogP contribution is -2.33. The number of carbonyl (C=O) groups excluding carboxylic acids is 2.